The van der Waals surface area contributed by atoms with E-state index >= 15 is 0 Å². The van der Waals surface area contributed by atoms with E-state index in [9.17, 15) is 9.59 Å². The predicted octanol–water partition coefficient (Wildman–Crippen LogP) is 2.57. The molecular formula is C22H23N3O3. The molecule has 0 saturated carbocycles. The van der Waals surface area contributed by atoms with E-state index in [1.165, 1.54) is 0 Å². The van der Waals surface area contributed by atoms with Gasteiger partial charge in [0.2, 0.25) is 5.91 Å². The first-order valence-electron chi connectivity index (χ1n) is 9.07. The first kappa shape index (κ1) is 19.2. The van der Waals surface area contributed by atoms with Crippen LogP contribution >= 0.6 is 0 Å². The normalized spacial score (nSPS) is 10.3. The quantitative estimate of drug-likeness (QED) is 0.593. The van der Waals surface area contributed by atoms with Crippen LogP contribution in [0.5, 0.6) is 5.75 Å². The van der Waals surface area contributed by atoms with Crippen molar-refractivity contribution < 1.29 is 14.3 Å². The fraction of sp³-hybridized carbons (Fsp3) is 0.182. The van der Waals surface area contributed by atoms with Gasteiger partial charge in [0.05, 0.1) is 13.5 Å². The van der Waals surface area contributed by atoms with Gasteiger partial charge < -0.3 is 19.9 Å². The first-order chi connectivity index (χ1) is 13.7. The van der Waals surface area contributed by atoms with Crippen molar-refractivity contribution in [2.45, 2.75) is 6.42 Å². The minimum atomic E-state index is -0.163. The van der Waals surface area contributed by atoms with Gasteiger partial charge in [0.15, 0.2) is 0 Å². The number of methoxy groups -OCH3 is 1. The van der Waals surface area contributed by atoms with Crippen molar-refractivity contribution in [1.29, 1.82) is 0 Å². The molecule has 0 aliphatic rings. The highest BCUT2D eigenvalue weighted by Crippen LogP contribution is 2.12. The van der Waals surface area contributed by atoms with Crippen molar-refractivity contribution in [1.82, 2.24) is 15.2 Å². The molecule has 3 rings (SSSR count). The average Bonchev–Trinajstić information content (AvgIpc) is 3.26. The van der Waals surface area contributed by atoms with Crippen LogP contribution in [0.1, 0.15) is 15.9 Å². The number of hydrogen-bond acceptors (Lipinski definition) is 3. The third kappa shape index (κ3) is 5.23. The lowest BCUT2D eigenvalue weighted by Crippen LogP contribution is -2.35. The predicted molar refractivity (Wildman–Crippen MR) is 108 cm³/mol. The highest BCUT2D eigenvalue weighted by molar-refractivity contribution is 5.94. The zero-order valence-corrected chi connectivity index (χ0v) is 15.7. The number of aromatic nitrogens is 1. The van der Waals surface area contributed by atoms with Crippen LogP contribution < -0.4 is 15.4 Å². The first-order valence-corrected chi connectivity index (χ1v) is 9.07. The topological polar surface area (TPSA) is 72.4 Å². The maximum absolute atomic E-state index is 12.2. The summed E-state index contributed by atoms with van der Waals surface area (Å²) in [6.07, 6.45) is 4.19. The second kappa shape index (κ2) is 9.41. The molecule has 2 amide bonds. The summed E-state index contributed by atoms with van der Waals surface area (Å²) < 4.78 is 7.07. The van der Waals surface area contributed by atoms with E-state index in [1.54, 1.807) is 19.2 Å². The molecule has 2 N–H and O–H groups in total. The van der Waals surface area contributed by atoms with Gasteiger partial charge in [0, 0.05) is 36.7 Å². The van der Waals surface area contributed by atoms with Crippen molar-refractivity contribution in [3.05, 3.63) is 84.2 Å². The smallest absolute Gasteiger partial charge is 0.251 e. The average molecular weight is 377 g/mol. The molecule has 0 aliphatic heterocycles. The molecule has 0 atom stereocenters. The monoisotopic (exact) mass is 377 g/mol. The molecule has 0 aliphatic carbocycles. The number of nitrogens with zero attached hydrogens (tertiary/aromatic N) is 1. The van der Waals surface area contributed by atoms with E-state index in [2.05, 4.69) is 10.6 Å². The number of benzene rings is 2. The van der Waals surface area contributed by atoms with Crippen molar-refractivity contribution in [3.63, 3.8) is 0 Å². The lowest BCUT2D eigenvalue weighted by atomic mass is 10.1. The Hall–Kier alpha value is -3.54. The minimum absolute atomic E-state index is 0.0875. The van der Waals surface area contributed by atoms with Gasteiger partial charge in [-0.15, -0.1) is 0 Å². The third-order valence-electron chi connectivity index (χ3n) is 4.29. The maximum Gasteiger partial charge on any atom is 0.251 e. The Morgan fingerprint density at radius 3 is 2.18 bits per heavy atom. The van der Waals surface area contributed by atoms with Crippen molar-refractivity contribution in [2.24, 2.45) is 0 Å². The van der Waals surface area contributed by atoms with Gasteiger partial charge in [-0.3, -0.25) is 9.59 Å². The van der Waals surface area contributed by atoms with Crippen molar-refractivity contribution in [2.75, 3.05) is 20.2 Å². The van der Waals surface area contributed by atoms with E-state index in [0.29, 0.717) is 25.1 Å². The Labute approximate surface area is 164 Å². The second-order valence-corrected chi connectivity index (χ2v) is 6.27. The van der Waals surface area contributed by atoms with Crippen LogP contribution in [0.25, 0.3) is 5.69 Å². The molecule has 0 radical (unpaired) electrons. The zero-order chi connectivity index (χ0) is 19.8. The molecule has 0 saturated heterocycles. The highest BCUT2D eigenvalue weighted by atomic mass is 16.5. The van der Waals surface area contributed by atoms with E-state index in [1.807, 2.05) is 65.5 Å². The van der Waals surface area contributed by atoms with Crippen LogP contribution in [-0.2, 0) is 11.2 Å². The Balaban J connectivity index is 1.39. The number of nitrogens with one attached hydrogen (secondary N) is 2. The molecule has 1 heterocycles. The summed E-state index contributed by atoms with van der Waals surface area (Å²) in [7, 11) is 1.60. The molecule has 0 spiro atoms. The van der Waals surface area contributed by atoms with Gasteiger partial charge in [0.25, 0.3) is 5.91 Å². The molecule has 6 heteroatoms. The van der Waals surface area contributed by atoms with E-state index < -0.39 is 0 Å². The van der Waals surface area contributed by atoms with Gasteiger partial charge in [-0.1, -0.05) is 12.1 Å². The number of rotatable bonds is 8. The molecule has 0 unspecified atom stereocenters. The Bertz CT molecular complexity index is 901. The van der Waals surface area contributed by atoms with Crippen molar-refractivity contribution in [3.8, 4) is 11.4 Å². The van der Waals surface area contributed by atoms with Crippen LogP contribution in [0, 0.1) is 0 Å². The van der Waals surface area contributed by atoms with E-state index in [0.717, 1.165) is 17.0 Å². The van der Waals surface area contributed by atoms with E-state index in [4.69, 9.17) is 4.74 Å². The molecule has 3 aromatic rings. The molecule has 0 bridgehead atoms. The Kier molecular flexibility index (Phi) is 6.46. The van der Waals surface area contributed by atoms with Crippen LogP contribution in [0.15, 0.2) is 73.1 Å². The van der Waals surface area contributed by atoms with Crippen LogP contribution in [-0.4, -0.2) is 36.6 Å². The lowest BCUT2D eigenvalue weighted by Gasteiger charge is -2.09. The number of carbonyl (C=O) groups is 2. The summed E-state index contributed by atoms with van der Waals surface area (Å²) in [5.74, 6) is 0.507. The SMILES string of the molecule is COc1ccc(CC(=O)NCCNC(=O)c2ccc(-n3cccc3)cc2)cc1. The van der Waals surface area contributed by atoms with Gasteiger partial charge in [0.1, 0.15) is 5.75 Å². The minimum Gasteiger partial charge on any atom is -0.497 e. The Morgan fingerprint density at radius 2 is 1.54 bits per heavy atom. The highest BCUT2D eigenvalue weighted by Gasteiger charge is 2.07. The number of amides is 2. The third-order valence-corrected chi connectivity index (χ3v) is 4.29. The largest absolute Gasteiger partial charge is 0.497 e. The van der Waals surface area contributed by atoms with Crippen LogP contribution in [0.2, 0.25) is 0 Å². The number of carbonyl (C=O) groups excluding carboxylic acids is 2. The molecule has 1 aromatic heterocycles. The fourth-order valence-electron chi connectivity index (χ4n) is 2.76. The lowest BCUT2D eigenvalue weighted by molar-refractivity contribution is -0.120. The molecular weight excluding hydrogens is 354 g/mol. The molecule has 0 fully saturated rings. The van der Waals surface area contributed by atoms with Crippen LogP contribution in [0.3, 0.4) is 0 Å². The number of ether oxygens (including phenoxy) is 1. The summed E-state index contributed by atoms with van der Waals surface area (Å²) in [4.78, 5) is 24.2. The van der Waals surface area contributed by atoms with Gasteiger partial charge >= 0.3 is 0 Å². The molecule has 28 heavy (non-hydrogen) atoms. The van der Waals surface area contributed by atoms with Gasteiger partial charge in [-0.05, 0) is 54.1 Å². The fourth-order valence-corrected chi connectivity index (χ4v) is 2.76. The van der Waals surface area contributed by atoms with Gasteiger partial charge in [-0.2, -0.15) is 0 Å². The summed E-state index contributed by atoms with van der Waals surface area (Å²) in [6.45, 7) is 0.745. The van der Waals surface area contributed by atoms with E-state index in [-0.39, 0.29) is 11.8 Å². The Morgan fingerprint density at radius 1 is 0.893 bits per heavy atom. The summed E-state index contributed by atoms with van der Waals surface area (Å²) in [5, 5.41) is 5.62. The van der Waals surface area contributed by atoms with Crippen molar-refractivity contribution >= 4 is 11.8 Å². The summed E-state index contributed by atoms with van der Waals surface area (Å²) in [6, 6.07) is 18.6. The standard InChI is InChI=1S/C22H23N3O3/c1-28-20-10-4-17(5-11-20)16-21(26)23-12-13-24-22(27)18-6-8-19(9-7-18)25-14-2-3-15-25/h2-11,14-15H,12-13,16H2,1H3,(H,23,26)(H,24,27). The van der Waals surface area contributed by atoms with Crippen LogP contribution in [0.4, 0.5) is 0 Å². The maximum atomic E-state index is 12.2. The second-order valence-electron chi connectivity index (χ2n) is 6.27. The molecule has 6 nitrogen and oxygen atoms in total. The summed E-state index contributed by atoms with van der Waals surface area (Å²) in [5.41, 5.74) is 2.48. The summed E-state index contributed by atoms with van der Waals surface area (Å²) >= 11 is 0. The van der Waals surface area contributed by atoms with Gasteiger partial charge in [-0.25, -0.2) is 0 Å². The number of hydrogen-bond donors (Lipinski definition) is 2. The molecule has 2 aromatic carbocycles. The zero-order valence-electron chi connectivity index (χ0n) is 15.7. The molecule has 144 valence electrons.